The molecule has 2 aromatic rings. The normalized spacial score (nSPS) is 10.1. The molecular formula is C12H11N2O3+. The molecule has 0 aliphatic heterocycles. The molecule has 1 aromatic heterocycles. The summed E-state index contributed by atoms with van der Waals surface area (Å²) in [7, 11) is 0. The van der Waals surface area contributed by atoms with Crippen LogP contribution in [0.2, 0.25) is 0 Å². The highest BCUT2D eigenvalue weighted by Gasteiger charge is 2.12. The maximum Gasteiger partial charge on any atom is 0.273 e. The zero-order chi connectivity index (χ0) is 12.3. The first-order valence-corrected chi connectivity index (χ1v) is 5.07. The average Bonchev–Trinajstić information content (AvgIpc) is 2.33. The van der Waals surface area contributed by atoms with Crippen molar-refractivity contribution in [1.29, 1.82) is 0 Å². The largest absolute Gasteiger partial charge is 0.507 e. The maximum absolute atomic E-state index is 10.5. The second-order valence-corrected chi connectivity index (χ2v) is 3.62. The predicted octanol–water partition coefficient (Wildman–Crippen LogP) is 1.64. The smallest absolute Gasteiger partial charge is 0.273 e. The van der Waals surface area contributed by atoms with E-state index in [0.29, 0.717) is 12.1 Å². The molecule has 1 N–H and O–H groups in total. The van der Waals surface area contributed by atoms with Crippen molar-refractivity contribution in [2.75, 3.05) is 0 Å². The molecule has 5 heteroatoms. The molecule has 0 amide bonds. The fourth-order valence-electron chi connectivity index (χ4n) is 1.54. The Bertz CT molecular complexity index is 541. The molecule has 0 bridgehead atoms. The molecule has 0 saturated heterocycles. The Hall–Kier alpha value is -2.43. The number of phenols is 1. The number of rotatable bonds is 3. The monoisotopic (exact) mass is 231 g/mol. The third-order valence-corrected chi connectivity index (χ3v) is 2.41. The highest BCUT2D eigenvalue weighted by Crippen LogP contribution is 2.22. The molecule has 0 unspecified atom stereocenters. The Kier molecular flexibility index (Phi) is 3.00. The van der Waals surface area contributed by atoms with Crippen LogP contribution >= 0.6 is 0 Å². The van der Waals surface area contributed by atoms with E-state index in [0.717, 1.165) is 0 Å². The molecule has 0 saturated carbocycles. The first kappa shape index (κ1) is 11.1. The number of aromatic hydroxyl groups is 1. The summed E-state index contributed by atoms with van der Waals surface area (Å²) in [6.07, 6.45) is 3.72. The number of hydrogen-bond donors (Lipinski definition) is 1. The van der Waals surface area contributed by atoms with Crippen LogP contribution in [0.15, 0.2) is 48.8 Å². The standard InChI is InChI=1S/C12H10N2O3/c15-12-8-11(14(16)17)5-4-10(12)9-13-6-2-1-3-7-13/h1-8H,9H2/p+1. The molecule has 1 aromatic carbocycles. The molecule has 1 heterocycles. The quantitative estimate of drug-likeness (QED) is 0.496. The van der Waals surface area contributed by atoms with Gasteiger partial charge in [-0.3, -0.25) is 10.1 Å². The van der Waals surface area contributed by atoms with Gasteiger partial charge >= 0.3 is 0 Å². The first-order valence-electron chi connectivity index (χ1n) is 5.07. The zero-order valence-corrected chi connectivity index (χ0v) is 8.98. The minimum Gasteiger partial charge on any atom is -0.507 e. The van der Waals surface area contributed by atoms with Gasteiger partial charge in [0.25, 0.3) is 5.69 Å². The number of nitrogens with zero attached hydrogens (tertiary/aromatic N) is 2. The molecule has 17 heavy (non-hydrogen) atoms. The number of nitro groups is 1. The van der Waals surface area contributed by atoms with Gasteiger partial charge in [-0.25, -0.2) is 4.57 Å². The summed E-state index contributed by atoms with van der Waals surface area (Å²) < 4.78 is 1.88. The highest BCUT2D eigenvalue weighted by atomic mass is 16.6. The van der Waals surface area contributed by atoms with E-state index in [1.54, 1.807) is 6.07 Å². The van der Waals surface area contributed by atoms with Crippen LogP contribution in [0, 0.1) is 10.1 Å². The van der Waals surface area contributed by atoms with Crippen LogP contribution in [-0.2, 0) is 6.54 Å². The summed E-state index contributed by atoms with van der Waals surface area (Å²) in [5, 5.41) is 20.2. The van der Waals surface area contributed by atoms with Gasteiger partial charge in [-0.15, -0.1) is 0 Å². The number of phenolic OH excluding ortho intramolecular Hbond substituents is 1. The fraction of sp³-hybridized carbons (Fsp3) is 0.0833. The van der Waals surface area contributed by atoms with Crippen LogP contribution in [0.5, 0.6) is 5.75 Å². The Morgan fingerprint density at radius 3 is 2.53 bits per heavy atom. The summed E-state index contributed by atoms with van der Waals surface area (Å²) in [6.45, 7) is 0.477. The van der Waals surface area contributed by atoms with Crippen molar-refractivity contribution >= 4 is 5.69 Å². The molecule has 5 nitrogen and oxygen atoms in total. The molecule has 2 rings (SSSR count). The van der Waals surface area contributed by atoms with Crippen molar-refractivity contribution in [1.82, 2.24) is 0 Å². The van der Waals surface area contributed by atoms with Gasteiger partial charge in [-0.2, -0.15) is 0 Å². The number of aromatic nitrogens is 1. The minimum atomic E-state index is -0.529. The Balaban J connectivity index is 2.26. The Morgan fingerprint density at radius 1 is 1.24 bits per heavy atom. The van der Waals surface area contributed by atoms with Crippen molar-refractivity contribution in [2.45, 2.75) is 6.54 Å². The van der Waals surface area contributed by atoms with Crippen LogP contribution < -0.4 is 4.57 Å². The van der Waals surface area contributed by atoms with Crippen molar-refractivity contribution in [3.63, 3.8) is 0 Å². The van der Waals surface area contributed by atoms with Crippen LogP contribution in [-0.4, -0.2) is 10.0 Å². The molecular weight excluding hydrogens is 220 g/mol. The molecule has 0 spiro atoms. The second-order valence-electron chi connectivity index (χ2n) is 3.62. The first-order chi connectivity index (χ1) is 8.16. The van der Waals surface area contributed by atoms with Crippen molar-refractivity contribution in [3.05, 3.63) is 64.5 Å². The van der Waals surface area contributed by atoms with Gasteiger partial charge in [0.1, 0.15) is 5.75 Å². The molecule has 0 aliphatic rings. The van der Waals surface area contributed by atoms with Gasteiger partial charge < -0.3 is 5.11 Å². The van der Waals surface area contributed by atoms with E-state index >= 15 is 0 Å². The van der Waals surface area contributed by atoms with Gasteiger partial charge in [0.05, 0.1) is 16.6 Å². The Morgan fingerprint density at radius 2 is 1.94 bits per heavy atom. The lowest BCUT2D eigenvalue weighted by Crippen LogP contribution is -2.32. The van der Waals surface area contributed by atoms with Gasteiger partial charge in [0.2, 0.25) is 0 Å². The number of non-ortho nitro benzene ring substituents is 1. The van der Waals surface area contributed by atoms with E-state index in [2.05, 4.69) is 0 Å². The third-order valence-electron chi connectivity index (χ3n) is 2.41. The van der Waals surface area contributed by atoms with Crippen LogP contribution in [0.25, 0.3) is 0 Å². The maximum atomic E-state index is 10.5. The van der Waals surface area contributed by atoms with Crippen LogP contribution in [0.4, 0.5) is 5.69 Å². The molecule has 0 fully saturated rings. The van der Waals surface area contributed by atoms with Crippen LogP contribution in [0.1, 0.15) is 5.56 Å². The summed E-state index contributed by atoms with van der Waals surface area (Å²) in [4.78, 5) is 9.98. The van der Waals surface area contributed by atoms with E-state index in [1.807, 2.05) is 35.2 Å². The summed E-state index contributed by atoms with van der Waals surface area (Å²) in [5.41, 5.74) is 0.538. The van der Waals surface area contributed by atoms with E-state index in [1.165, 1.54) is 12.1 Å². The summed E-state index contributed by atoms with van der Waals surface area (Å²) in [5.74, 6) is -0.0597. The van der Waals surface area contributed by atoms with Gasteiger partial charge in [-0.05, 0) is 6.07 Å². The SMILES string of the molecule is O=[N+]([O-])c1ccc(C[n+]2ccccc2)c(O)c1. The third kappa shape index (κ3) is 2.57. The topological polar surface area (TPSA) is 67.2 Å². The molecule has 0 radical (unpaired) electrons. The van der Waals surface area contributed by atoms with Crippen LogP contribution in [0.3, 0.4) is 0 Å². The fourth-order valence-corrected chi connectivity index (χ4v) is 1.54. The zero-order valence-electron chi connectivity index (χ0n) is 8.98. The summed E-state index contributed by atoms with van der Waals surface area (Å²) >= 11 is 0. The van der Waals surface area contributed by atoms with E-state index in [-0.39, 0.29) is 11.4 Å². The lowest BCUT2D eigenvalue weighted by atomic mass is 10.2. The van der Waals surface area contributed by atoms with Gasteiger partial charge in [0, 0.05) is 18.2 Å². The van der Waals surface area contributed by atoms with E-state index in [9.17, 15) is 15.2 Å². The predicted molar refractivity (Wildman–Crippen MR) is 60.5 cm³/mol. The molecule has 0 aliphatic carbocycles. The second kappa shape index (κ2) is 4.61. The Labute approximate surface area is 97.7 Å². The van der Waals surface area contributed by atoms with Crippen molar-refractivity contribution < 1.29 is 14.6 Å². The number of hydrogen-bond acceptors (Lipinski definition) is 3. The lowest BCUT2D eigenvalue weighted by molar-refractivity contribution is -0.688. The van der Waals surface area contributed by atoms with E-state index in [4.69, 9.17) is 0 Å². The molecule has 0 atom stereocenters. The van der Waals surface area contributed by atoms with Gasteiger partial charge in [-0.1, -0.05) is 6.07 Å². The summed E-state index contributed by atoms with van der Waals surface area (Å²) in [6, 6.07) is 9.77. The molecule has 86 valence electrons. The van der Waals surface area contributed by atoms with Crippen molar-refractivity contribution in [3.8, 4) is 5.75 Å². The minimum absolute atomic E-state index is 0.0597. The average molecular weight is 231 g/mol. The highest BCUT2D eigenvalue weighted by molar-refractivity contribution is 5.43. The van der Waals surface area contributed by atoms with E-state index < -0.39 is 4.92 Å². The van der Waals surface area contributed by atoms with Gasteiger partial charge in [0.15, 0.2) is 18.9 Å². The number of benzene rings is 1. The number of pyridine rings is 1. The van der Waals surface area contributed by atoms with Crippen molar-refractivity contribution in [2.24, 2.45) is 0 Å². The number of nitro benzene ring substituents is 1. The lowest BCUT2D eigenvalue weighted by Gasteiger charge is -2.01.